The van der Waals surface area contributed by atoms with E-state index >= 15 is 0 Å². The molecule has 0 saturated carbocycles. The van der Waals surface area contributed by atoms with E-state index in [2.05, 4.69) is 10.3 Å². The van der Waals surface area contributed by atoms with E-state index in [4.69, 9.17) is 0 Å². The molecule has 0 saturated heterocycles. The first-order valence-corrected chi connectivity index (χ1v) is 8.16. The van der Waals surface area contributed by atoms with Crippen LogP contribution in [0.3, 0.4) is 0 Å². The molecule has 0 spiro atoms. The van der Waals surface area contributed by atoms with Gasteiger partial charge in [0, 0.05) is 6.20 Å². The van der Waals surface area contributed by atoms with Crippen molar-refractivity contribution >= 4 is 17.2 Å². The van der Waals surface area contributed by atoms with E-state index in [1.165, 1.54) is 29.7 Å². The number of alkyl halides is 1. The zero-order valence-electron chi connectivity index (χ0n) is 12.6. The molecule has 3 rings (SSSR count). The molecule has 3 nitrogen and oxygen atoms in total. The zero-order chi connectivity index (χ0) is 16.9. The van der Waals surface area contributed by atoms with Crippen molar-refractivity contribution in [2.45, 2.75) is 12.7 Å². The summed E-state index contributed by atoms with van der Waals surface area (Å²) in [6.07, 6.45) is 1.47. The topological polar surface area (TPSA) is 42.0 Å². The SMILES string of the molecule is O=C(N[C@@H](c1ccc(CF)cc1)c1ncccc1F)c1cccs1. The van der Waals surface area contributed by atoms with Crippen LogP contribution >= 0.6 is 11.3 Å². The molecule has 0 aliphatic carbocycles. The van der Waals surface area contributed by atoms with Gasteiger partial charge in [-0.2, -0.15) is 0 Å². The van der Waals surface area contributed by atoms with E-state index in [9.17, 15) is 13.6 Å². The summed E-state index contributed by atoms with van der Waals surface area (Å²) in [6, 6.07) is 12.1. The molecule has 1 atom stereocenters. The van der Waals surface area contributed by atoms with Crippen LogP contribution in [0.5, 0.6) is 0 Å². The fraction of sp³-hybridized carbons (Fsp3) is 0.111. The number of thiophene rings is 1. The third-order valence-electron chi connectivity index (χ3n) is 3.55. The molecule has 0 unspecified atom stereocenters. The largest absolute Gasteiger partial charge is 0.339 e. The number of halogens is 2. The molecule has 0 radical (unpaired) electrons. The standard InChI is InChI=1S/C18H14F2N2OS/c19-11-12-5-7-13(8-6-12)16(17-14(20)3-1-9-21-17)22-18(23)15-4-2-10-24-15/h1-10,16H,11H2,(H,22,23)/t16-/m0/s1. The van der Waals surface area contributed by atoms with Gasteiger partial charge in [-0.05, 0) is 34.7 Å². The van der Waals surface area contributed by atoms with Crippen LogP contribution in [0.4, 0.5) is 8.78 Å². The summed E-state index contributed by atoms with van der Waals surface area (Å²) >= 11 is 1.30. The van der Waals surface area contributed by atoms with E-state index in [0.29, 0.717) is 16.0 Å². The van der Waals surface area contributed by atoms with Crippen LogP contribution < -0.4 is 5.32 Å². The van der Waals surface area contributed by atoms with Crippen molar-refractivity contribution < 1.29 is 13.6 Å². The smallest absolute Gasteiger partial charge is 0.262 e. The maximum Gasteiger partial charge on any atom is 0.262 e. The van der Waals surface area contributed by atoms with Crippen molar-refractivity contribution in [2.24, 2.45) is 0 Å². The van der Waals surface area contributed by atoms with Crippen LogP contribution in [0, 0.1) is 5.82 Å². The predicted molar refractivity (Wildman–Crippen MR) is 89.1 cm³/mol. The van der Waals surface area contributed by atoms with Gasteiger partial charge in [-0.3, -0.25) is 9.78 Å². The van der Waals surface area contributed by atoms with Crippen LogP contribution in [-0.2, 0) is 6.67 Å². The van der Waals surface area contributed by atoms with Gasteiger partial charge in [-0.25, -0.2) is 8.78 Å². The van der Waals surface area contributed by atoms with E-state index in [0.717, 1.165) is 0 Å². The van der Waals surface area contributed by atoms with Crippen LogP contribution in [0.1, 0.15) is 32.5 Å². The highest BCUT2D eigenvalue weighted by Crippen LogP contribution is 2.24. The number of nitrogens with zero attached hydrogens (tertiary/aromatic N) is 1. The lowest BCUT2D eigenvalue weighted by molar-refractivity contribution is 0.0946. The number of amides is 1. The Labute approximate surface area is 142 Å². The number of hydrogen-bond acceptors (Lipinski definition) is 3. The average Bonchev–Trinajstić information content (AvgIpc) is 3.15. The third-order valence-corrected chi connectivity index (χ3v) is 4.42. The Hall–Kier alpha value is -2.60. The minimum atomic E-state index is -0.755. The minimum absolute atomic E-state index is 0.121. The molecule has 122 valence electrons. The molecule has 1 N–H and O–H groups in total. The zero-order valence-corrected chi connectivity index (χ0v) is 13.4. The molecule has 6 heteroatoms. The highest BCUT2D eigenvalue weighted by molar-refractivity contribution is 7.12. The quantitative estimate of drug-likeness (QED) is 0.751. The van der Waals surface area contributed by atoms with Crippen molar-refractivity contribution in [3.63, 3.8) is 0 Å². The van der Waals surface area contributed by atoms with Crippen molar-refractivity contribution in [1.29, 1.82) is 0 Å². The number of aromatic nitrogens is 1. The van der Waals surface area contributed by atoms with Gasteiger partial charge in [0.15, 0.2) is 0 Å². The van der Waals surface area contributed by atoms with Crippen LogP contribution in [0.15, 0.2) is 60.1 Å². The van der Waals surface area contributed by atoms with Crippen LogP contribution in [-0.4, -0.2) is 10.9 Å². The fourth-order valence-electron chi connectivity index (χ4n) is 2.33. The van der Waals surface area contributed by atoms with E-state index in [1.54, 1.807) is 41.8 Å². The summed E-state index contributed by atoms with van der Waals surface area (Å²) < 4.78 is 26.9. The summed E-state index contributed by atoms with van der Waals surface area (Å²) in [4.78, 5) is 17.0. The van der Waals surface area contributed by atoms with Crippen molar-refractivity contribution in [1.82, 2.24) is 10.3 Å². The number of hydrogen-bond donors (Lipinski definition) is 1. The lowest BCUT2D eigenvalue weighted by Crippen LogP contribution is -2.30. The Bertz CT molecular complexity index is 819. The summed E-state index contributed by atoms with van der Waals surface area (Å²) in [6.45, 7) is -0.579. The molecule has 0 aliphatic heterocycles. The highest BCUT2D eigenvalue weighted by Gasteiger charge is 2.22. The lowest BCUT2D eigenvalue weighted by Gasteiger charge is -2.19. The van der Waals surface area contributed by atoms with Gasteiger partial charge in [0.05, 0.1) is 10.9 Å². The monoisotopic (exact) mass is 344 g/mol. The number of pyridine rings is 1. The Kier molecular flexibility index (Phi) is 4.96. The second-order valence-corrected chi connectivity index (χ2v) is 6.08. The number of carbonyl (C=O) groups excluding carboxylic acids is 1. The fourth-order valence-corrected chi connectivity index (χ4v) is 2.96. The number of rotatable bonds is 5. The molecule has 0 bridgehead atoms. The average molecular weight is 344 g/mol. The van der Waals surface area contributed by atoms with E-state index in [1.807, 2.05) is 0 Å². The van der Waals surface area contributed by atoms with Crippen molar-refractivity contribution in [3.8, 4) is 0 Å². The first-order valence-electron chi connectivity index (χ1n) is 7.28. The molecule has 0 aliphatic rings. The van der Waals surface area contributed by atoms with Crippen molar-refractivity contribution in [2.75, 3.05) is 0 Å². The third kappa shape index (κ3) is 3.49. The molecule has 2 aromatic heterocycles. The Balaban J connectivity index is 1.97. The number of nitrogens with one attached hydrogen (secondary N) is 1. The van der Waals surface area contributed by atoms with E-state index < -0.39 is 18.5 Å². The predicted octanol–water partition coefficient (Wildman–Crippen LogP) is 4.27. The Morgan fingerprint density at radius 3 is 2.58 bits per heavy atom. The molecule has 1 amide bonds. The molecule has 0 fully saturated rings. The Morgan fingerprint density at radius 1 is 1.17 bits per heavy atom. The maximum absolute atomic E-state index is 14.2. The first kappa shape index (κ1) is 16.3. The number of carbonyl (C=O) groups is 1. The molecule has 24 heavy (non-hydrogen) atoms. The summed E-state index contributed by atoms with van der Waals surface area (Å²) in [5.41, 5.74) is 1.27. The molecule has 1 aromatic carbocycles. The summed E-state index contributed by atoms with van der Waals surface area (Å²) in [5, 5.41) is 4.60. The minimum Gasteiger partial charge on any atom is -0.339 e. The second kappa shape index (κ2) is 7.31. The van der Waals surface area contributed by atoms with Gasteiger partial charge in [-0.1, -0.05) is 30.3 Å². The van der Waals surface area contributed by atoms with Gasteiger partial charge in [-0.15, -0.1) is 11.3 Å². The normalized spacial score (nSPS) is 11.9. The summed E-state index contributed by atoms with van der Waals surface area (Å²) in [7, 11) is 0. The lowest BCUT2D eigenvalue weighted by atomic mass is 10.0. The first-order chi connectivity index (χ1) is 11.7. The summed E-state index contributed by atoms with van der Waals surface area (Å²) in [5.74, 6) is -0.821. The van der Waals surface area contributed by atoms with E-state index in [-0.39, 0.29) is 11.6 Å². The molecule has 2 heterocycles. The molecule has 3 aromatic rings. The van der Waals surface area contributed by atoms with Gasteiger partial charge in [0.25, 0.3) is 5.91 Å². The second-order valence-electron chi connectivity index (χ2n) is 5.13. The number of benzene rings is 1. The van der Waals surface area contributed by atoms with Gasteiger partial charge in [0.1, 0.15) is 18.2 Å². The molecular formula is C18H14F2N2OS. The Morgan fingerprint density at radius 2 is 1.96 bits per heavy atom. The van der Waals surface area contributed by atoms with Crippen LogP contribution in [0.2, 0.25) is 0 Å². The van der Waals surface area contributed by atoms with Gasteiger partial charge in [0.2, 0.25) is 0 Å². The maximum atomic E-state index is 14.2. The van der Waals surface area contributed by atoms with Gasteiger partial charge < -0.3 is 5.32 Å². The van der Waals surface area contributed by atoms with Crippen molar-refractivity contribution in [3.05, 3.63) is 87.6 Å². The highest BCUT2D eigenvalue weighted by atomic mass is 32.1. The molecular weight excluding hydrogens is 330 g/mol. The van der Waals surface area contributed by atoms with Crippen LogP contribution in [0.25, 0.3) is 0 Å². The van der Waals surface area contributed by atoms with Gasteiger partial charge >= 0.3 is 0 Å².